The van der Waals surface area contributed by atoms with Gasteiger partial charge < -0.3 is 19.7 Å². The van der Waals surface area contributed by atoms with E-state index >= 15 is 0 Å². The van der Waals surface area contributed by atoms with Gasteiger partial charge >= 0.3 is 0 Å². The average Bonchev–Trinajstić information content (AvgIpc) is 2.47. The minimum Gasteiger partial charge on any atom is -0.487 e. The molecule has 21 heavy (non-hydrogen) atoms. The zero-order valence-electron chi connectivity index (χ0n) is 12.0. The van der Waals surface area contributed by atoms with E-state index in [1.807, 2.05) is 6.92 Å². The Morgan fingerprint density at radius 3 is 3.14 bits per heavy atom. The molecule has 0 spiro atoms. The maximum absolute atomic E-state index is 13.3. The van der Waals surface area contributed by atoms with Crippen LogP contribution in [0.1, 0.15) is 13.3 Å². The number of benzene rings is 1. The van der Waals surface area contributed by atoms with Gasteiger partial charge in [0.05, 0.1) is 25.4 Å². The van der Waals surface area contributed by atoms with Crippen molar-refractivity contribution in [2.45, 2.75) is 25.5 Å². The van der Waals surface area contributed by atoms with Gasteiger partial charge in [-0.15, -0.1) is 0 Å². The molecule has 1 N–H and O–H groups in total. The van der Waals surface area contributed by atoms with Gasteiger partial charge in [0, 0.05) is 25.1 Å². The number of amides is 1. The van der Waals surface area contributed by atoms with Gasteiger partial charge in [-0.2, -0.15) is 0 Å². The lowest BCUT2D eigenvalue weighted by molar-refractivity contribution is -0.120. The van der Waals surface area contributed by atoms with E-state index in [0.717, 1.165) is 6.54 Å². The third-order valence-electron chi connectivity index (χ3n) is 3.70. The molecule has 1 aromatic carbocycles. The zero-order chi connectivity index (χ0) is 14.8. The molecule has 2 atom stereocenters. The second-order valence-electron chi connectivity index (χ2n) is 5.47. The van der Waals surface area contributed by atoms with Crippen LogP contribution in [0, 0.1) is 5.82 Å². The summed E-state index contributed by atoms with van der Waals surface area (Å²) in [7, 11) is 0. The van der Waals surface area contributed by atoms with Crippen LogP contribution >= 0.6 is 0 Å². The van der Waals surface area contributed by atoms with Crippen LogP contribution in [-0.2, 0) is 9.53 Å². The number of anilines is 1. The Kier molecular flexibility index (Phi) is 4.07. The Hall–Kier alpha value is -1.66. The predicted octanol–water partition coefficient (Wildman–Crippen LogP) is 1.32. The van der Waals surface area contributed by atoms with Crippen LogP contribution < -0.4 is 15.0 Å². The standard InChI is InChI=1S/C15H19FN2O3/c1-10-8-18(13-3-2-11(16)6-14(13)21-10)15(19)7-12-9-20-5-4-17-12/h2-3,6,10,12,17H,4-5,7-9H2,1H3. The minimum atomic E-state index is -0.363. The molecule has 0 aromatic heterocycles. The monoisotopic (exact) mass is 294 g/mol. The predicted molar refractivity (Wildman–Crippen MR) is 76.1 cm³/mol. The number of ether oxygens (including phenoxy) is 2. The third-order valence-corrected chi connectivity index (χ3v) is 3.70. The van der Waals surface area contributed by atoms with Crippen molar-refractivity contribution in [3.63, 3.8) is 0 Å². The summed E-state index contributed by atoms with van der Waals surface area (Å²) in [6.07, 6.45) is 0.211. The molecule has 3 rings (SSSR count). The van der Waals surface area contributed by atoms with E-state index in [2.05, 4.69) is 5.32 Å². The maximum atomic E-state index is 13.3. The molecule has 0 bridgehead atoms. The SMILES string of the molecule is CC1CN(C(=O)CC2COCCN2)c2ccc(F)cc2O1. The quantitative estimate of drug-likeness (QED) is 0.894. The molecule has 2 aliphatic rings. The number of nitrogens with zero attached hydrogens (tertiary/aromatic N) is 1. The Bertz CT molecular complexity index is 532. The van der Waals surface area contributed by atoms with Crippen LogP contribution in [0.15, 0.2) is 18.2 Å². The summed E-state index contributed by atoms with van der Waals surface area (Å²) in [4.78, 5) is 14.2. The van der Waals surface area contributed by atoms with Crippen molar-refractivity contribution in [2.24, 2.45) is 0 Å². The molecule has 1 saturated heterocycles. The number of hydrogen-bond acceptors (Lipinski definition) is 4. The lowest BCUT2D eigenvalue weighted by Crippen LogP contribution is -2.48. The molecule has 114 valence electrons. The molecule has 1 aromatic rings. The van der Waals surface area contributed by atoms with E-state index in [4.69, 9.17) is 9.47 Å². The Morgan fingerprint density at radius 1 is 1.52 bits per heavy atom. The summed E-state index contributed by atoms with van der Waals surface area (Å²) in [6, 6.07) is 4.31. The van der Waals surface area contributed by atoms with E-state index < -0.39 is 0 Å². The summed E-state index contributed by atoms with van der Waals surface area (Å²) < 4.78 is 24.3. The number of morpholine rings is 1. The molecule has 1 fully saturated rings. The number of halogens is 1. The maximum Gasteiger partial charge on any atom is 0.228 e. The molecule has 2 aliphatic heterocycles. The van der Waals surface area contributed by atoms with Crippen molar-refractivity contribution in [2.75, 3.05) is 31.2 Å². The zero-order valence-corrected chi connectivity index (χ0v) is 12.0. The smallest absolute Gasteiger partial charge is 0.228 e. The average molecular weight is 294 g/mol. The summed E-state index contributed by atoms with van der Waals surface area (Å²) in [5, 5.41) is 3.27. The van der Waals surface area contributed by atoms with Crippen molar-refractivity contribution in [3.05, 3.63) is 24.0 Å². The van der Waals surface area contributed by atoms with Gasteiger partial charge in [0.25, 0.3) is 0 Å². The van der Waals surface area contributed by atoms with Crippen molar-refractivity contribution in [1.29, 1.82) is 0 Å². The van der Waals surface area contributed by atoms with Gasteiger partial charge in [-0.05, 0) is 19.1 Å². The second-order valence-corrected chi connectivity index (χ2v) is 5.47. The highest BCUT2D eigenvalue weighted by Gasteiger charge is 2.29. The van der Waals surface area contributed by atoms with Gasteiger partial charge in [-0.25, -0.2) is 4.39 Å². The van der Waals surface area contributed by atoms with Crippen molar-refractivity contribution in [1.82, 2.24) is 5.32 Å². The first-order valence-electron chi connectivity index (χ1n) is 7.21. The van der Waals surface area contributed by atoms with Gasteiger partial charge in [-0.3, -0.25) is 4.79 Å². The fourth-order valence-electron chi connectivity index (χ4n) is 2.72. The van der Waals surface area contributed by atoms with Crippen molar-refractivity contribution in [3.8, 4) is 5.75 Å². The number of rotatable bonds is 2. The van der Waals surface area contributed by atoms with Crippen LogP contribution in [0.5, 0.6) is 5.75 Å². The molecule has 0 saturated carbocycles. The molecular weight excluding hydrogens is 275 g/mol. The fraction of sp³-hybridized carbons (Fsp3) is 0.533. The van der Waals surface area contributed by atoms with Crippen molar-refractivity contribution < 1.29 is 18.7 Å². The Morgan fingerprint density at radius 2 is 2.38 bits per heavy atom. The molecule has 1 amide bonds. The second kappa shape index (κ2) is 5.99. The van der Waals surface area contributed by atoms with Gasteiger partial charge in [0.15, 0.2) is 0 Å². The first kappa shape index (κ1) is 14.3. The minimum absolute atomic E-state index is 0.000933. The lowest BCUT2D eigenvalue weighted by Gasteiger charge is -2.34. The summed E-state index contributed by atoms with van der Waals surface area (Å²) >= 11 is 0. The molecular formula is C15H19FN2O3. The van der Waals surface area contributed by atoms with E-state index in [1.54, 1.807) is 11.0 Å². The number of carbonyl (C=O) groups is 1. The topological polar surface area (TPSA) is 50.8 Å². The molecule has 5 nitrogen and oxygen atoms in total. The first-order valence-corrected chi connectivity index (χ1v) is 7.21. The van der Waals surface area contributed by atoms with Gasteiger partial charge in [-0.1, -0.05) is 0 Å². The molecule has 6 heteroatoms. The van der Waals surface area contributed by atoms with Crippen molar-refractivity contribution >= 4 is 11.6 Å². The normalized spacial score (nSPS) is 25.1. The largest absolute Gasteiger partial charge is 0.487 e. The summed E-state index contributed by atoms with van der Waals surface area (Å²) in [6.45, 7) is 4.34. The highest BCUT2D eigenvalue weighted by molar-refractivity contribution is 5.95. The number of hydrogen-bond donors (Lipinski definition) is 1. The molecule has 2 heterocycles. The number of fused-ring (bicyclic) bond motifs is 1. The summed E-state index contributed by atoms with van der Waals surface area (Å²) in [5.74, 6) is 0.0635. The summed E-state index contributed by atoms with van der Waals surface area (Å²) in [5.41, 5.74) is 0.635. The van der Waals surface area contributed by atoms with E-state index in [1.165, 1.54) is 12.1 Å². The van der Waals surface area contributed by atoms with Gasteiger partial charge in [0.2, 0.25) is 5.91 Å². The molecule has 2 unspecified atom stereocenters. The van der Waals surface area contributed by atoms with Crippen LogP contribution in [0.2, 0.25) is 0 Å². The van der Waals surface area contributed by atoms with Crippen LogP contribution in [0.4, 0.5) is 10.1 Å². The highest BCUT2D eigenvalue weighted by atomic mass is 19.1. The number of nitrogens with one attached hydrogen (secondary N) is 1. The van der Waals surface area contributed by atoms with Crippen LogP contribution in [0.25, 0.3) is 0 Å². The molecule has 0 radical (unpaired) electrons. The van der Waals surface area contributed by atoms with Crippen LogP contribution in [-0.4, -0.2) is 44.4 Å². The van der Waals surface area contributed by atoms with E-state index in [9.17, 15) is 9.18 Å². The van der Waals surface area contributed by atoms with Crippen LogP contribution in [0.3, 0.4) is 0 Å². The Balaban J connectivity index is 1.76. The van der Waals surface area contributed by atoms with E-state index in [0.29, 0.717) is 37.6 Å². The third kappa shape index (κ3) is 3.16. The highest BCUT2D eigenvalue weighted by Crippen LogP contribution is 2.34. The lowest BCUT2D eigenvalue weighted by atomic mass is 10.1. The fourth-order valence-corrected chi connectivity index (χ4v) is 2.72. The number of carbonyl (C=O) groups excluding carboxylic acids is 1. The van der Waals surface area contributed by atoms with E-state index in [-0.39, 0.29) is 23.9 Å². The molecule has 0 aliphatic carbocycles. The Labute approximate surface area is 123 Å². The first-order chi connectivity index (χ1) is 10.1. The van der Waals surface area contributed by atoms with Gasteiger partial charge in [0.1, 0.15) is 17.7 Å².